The van der Waals surface area contributed by atoms with E-state index in [1.54, 1.807) is 54.1 Å². The molecule has 0 atom stereocenters. The summed E-state index contributed by atoms with van der Waals surface area (Å²) in [7, 11) is -2.13. The molecule has 0 spiro atoms. The van der Waals surface area contributed by atoms with Crippen molar-refractivity contribution < 1.29 is 13.2 Å². The molecule has 1 amide bonds. The molecule has 0 radical (unpaired) electrons. The Balaban J connectivity index is 1.93. The maximum atomic E-state index is 13.1. The van der Waals surface area contributed by atoms with Gasteiger partial charge in [-0.2, -0.15) is 0 Å². The van der Waals surface area contributed by atoms with Gasteiger partial charge in [0.05, 0.1) is 28.4 Å². The van der Waals surface area contributed by atoms with Crippen LogP contribution in [0.4, 0.5) is 0 Å². The van der Waals surface area contributed by atoms with E-state index in [-0.39, 0.29) is 22.4 Å². The van der Waals surface area contributed by atoms with Crippen molar-refractivity contribution in [3.05, 3.63) is 71.7 Å². The number of hydrogen-bond acceptors (Lipinski definition) is 4. The SMILES string of the molecule is Cc1ccc(S(=O)(=O)c2ncn3c2CN(C)C(=O)c2ccccc2-3)cc1. The summed E-state index contributed by atoms with van der Waals surface area (Å²) < 4.78 is 27.9. The van der Waals surface area contributed by atoms with Gasteiger partial charge < -0.3 is 4.90 Å². The molecule has 0 bridgehead atoms. The number of amides is 1. The Bertz CT molecular complexity index is 1120. The van der Waals surface area contributed by atoms with E-state index in [4.69, 9.17) is 0 Å². The highest BCUT2D eigenvalue weighted by Crippen LogP contribution is 2.30. The van der Waals surface area contributed by atoms with Crippen molar-refractivity contribution in [1.82, 2.24) is 14.5 Å². The summed E-state index contributed by atoms with van der Waals surface area (Å²) in [5.41, 5.74) is 2.61. The molecule has 4 rings (SSSR count). The molecule has 0 N–H and O–H groups in total. The molecule has 0 fully saturated rings. The summed E-state index contributed by atoms with van der Waals surface area (Å²) in [6.45, 7) is 2.06. The average molecular weight is 367 g/mol. The second-order valence-corrected chi connectivity index (χ2v) is 8.23. The molecule has 1 aliphatic rings. The number of fused-ring (bicyclic) bond motifs is 3. The van der Waals surface area contributed by atoms with Gasteiger partial charge in [-0.25, -0.2) is 13.4 Å². The largest absolute Gasteiger partial charge is 0.336 e. The average Bonchev–Trinajstić information content (AvgIpc) is 3.01. The molecule has 132 valence electrons. The van der Waals surface area contributed by atoms with E-state index in [9.17, 15) is 13.2 Å². The number of rotatable bonds is 2. The number of hydrogen-bond donors (Lipinski definition) is 0. The number of aromatic nitrogens is 2. The van der Waals surface area contributed by atoms with Gasteiger partial charge in [-0.3, -0.25) is 9.36 Å². The lowest BCUT2D eigenvalue weighted by atomic mass is 10.1. The number of imidazole rings is 1. The molecule has 1 aliphatic heterocycles. The number of aryl methyl sites for hydroxylation is 1. The van der Waals surface area contributed by atoms with Crippen LogP contribution in [0.15, 0.2) is 64.8 Å². The molecule has 0 unspecified atom stereocenters. The van der Waals surface area contributed by atoms with E-state index >= 15 is 0 Å². The monoisotopic (exact) mass is 367 g/mol. The van der Waals surface area contributed by atoms with E-state index in [2.05, 4.69) is 4.98 Å². The van der Waals surface area contributed by atoms with Crippen LogP contribution in [0.2, 0.25) is 0 Å². The van der Waals surface area contributed by atoms with Crippen molar-refractivity contribution in [2.24, 2.45) is 0 Å². The zero-order chi connectivity index (χ0) is 18.5. The maximum absolute atomic E-state index is 13.1. The van der Waals surface area contributed by atoms with Crippen LogP contribution < -0.4 is 0 Å². The third-order valence-electron chi connectivity index (χ3n) is 4.54. The van der Waals surface area contributed by atoms with E-state index < -0.39 is 9.84 Å². The first-order valence-electron chi connectivity index (χ1n) is 8.12. The summed E-state index contributed by atoms with van der Waals surface area (Å²) in [6.07, 6.45) is 1.47. The van der Waals surface area contributed by atoms with E-state index in [1.807, 2.05) is 13.0 Å². The van der Waals surface area contributed by atoms with Crippen LogP contribution in [0.1, 0.15) is 21.6 Å². The summed E-state index contributed by atoms with van der Waals surface area (Å²) in [4.78, 5) is 18.5. The van der Waals surface area contributed by atoms with Crippen molar-refractivity contribution >= 4 is 15.7 Å². The molecule has 3 aromatic rings. The Hall–Kier alpha value is -2.93. The van der Waals surface area contributed by atoms with Crippen LogP contribution in [-0.2, 0) is 16.4 Å². The number of benzene rings is 2. The number of para-hydroxylation sites is 1. The van der Waals surface area contributed by atoms with Crippen molar-refractivity contribution in [2.45, 2.75) is 23.4 Å². The van der Waals surface area contributed by atoms with Gasteiger partial charge in [0.2, 0.25) is 9.84 Å². The Morgan fingerprint density at radius 1 is 1.04 bits per heavy atom. The van der Waals surface area contributed by atoms with Crippen LogP contribution in [0, 0.1) is 6.92 Å². The first-order chi connectivity index (χ1) is 12.4. The quantitative estimate of drug-likeness (QED) is 0.698. The van der Waals surface area contributed by atoms with Crippen molar-refractivity contribution in [1.29, 1.82) is 0 Å². The minimum Gasteiger partial charge on any atom is -0.336 e. The number of sulfone groups is 1. The van der Waals surface area contributed by atoms with Crippen molar-refractivity contribution in [3.8, 4) is 5.69 Å². The van der Waals surface area contributed by atoms with Crippen molar-refractivity contribution in [2.75, 3.05) is 7.05 Å². The third-order valence-corrected chi connectivity index (χ3v) is 6.28. The predicted molar refractivity (Wildman–Crippen MR) is 96.0 cm³/mol. The smallest absolute Gasteiger partial charge is 0.256 e. The minimum atomic E-state index is -3.78. The third kappa shape index (κ3) is 2.43. The highest BCUT2D eigenvalue weighted by molar-refractivity contribution is 7.91. The lowest BCUT2D eigenvalue weighted by molar-refractivity contribution is 0.0787. The lowest BCUT2D eigenvalue weighted by Crippen LogP contribution is -2.25. The standard InChI is InChI=1S/C19H17N3O3S/c1-13-7-9-14(10-8-13)26(24,25)18-17-11-21(2)19(23)15-5-3-4-6-16(15)22(17)12-20-18/h3-10,12H,11H2,1-2H3. The zero-order valence-corrected chi connectivity index (χ0v) is 15.2. The van der Waals surface area contributed by atoms with Crippen LogP contribution >= 0.6 is 0 Å². The summed E-state index contributed by atoms with van der Waals surface area (Å²) in [5, 5.41) is -0.0160. The Morgan fingerprint density at radius 2 is 1.73 bits per heavy atom. The van der Waals surface area contributed by atoms with Crippen LogP contribution in [0.5, 0.6) is 0 Å². The van der Waals surface area contributed by atoms with E-state index in [0.717, 1.165) is 5.56 Å². The Morgan fingerprint density at radius 3 is 2.46 bits per heavy atom. The fraction of sp³-hybridized carbons (Fsp3) is 0.158. The molecule has 26 heavy (non-hydrogen) atoms. The normalized spacial score (nSPS) is 13.9. The summed E-state index contributed by atoms with van der Waals surface area (Å²) in [6, 6.07) is 13.8. The van der Waals surface area contributed by atoms with Gasteiger partial charge in [-0.1, -0.05) is 29.8 Å². The fourth-order valence-corrected chi connectivity index (χ4v) is 4.51. The highest BCUT2D eigenvalue weighted by atomic mass is 32.2. The van der Waals surface area contributed by atoms with Gasteiger partial charge in [0.25, 0.3) is 5.91 Å². The molecular weight excluding hydrogens is 350 g/mol. The second kappa shape index (κ2) is 5.81. The van der Waals surface area contributed by atoms with Gasteiger partial charge in [0, 0.05) is 7.05 Å². The highest BCUT2D eigenvalue weighted by Gasteiger charge is 2.31. The predicted octanol–water partition coefficient (Wildman–Crippen LogP) is 2.60. The Kier molecular flexibility index (Phi) is 3.69. The van der Waals surface area contributed by atoms with Gasteiger partial charge in [0.1, 0.15) is 6.33 Å². The van der Waals surface area contributed by atoms with Crippen LogP contribution in [-0.4, -0.2) is 35.8 Å². The molecule has 0 saturated carbocycles. The zero-order valence-electron chi connectivity index (χ0n) is 14.4. The van der Waals surface area contributed by atoms with Gasteiger partial charge >= 0.3 is 0 Å². The minimum absolute atomic E-state index is 0.0160. The number of nitrogens with zero attached hydrogens (tertiary/aromatic N) is 3. The van der Waals surface area contributed by atoms with Gasteiger partial charge in [-0.05, 0) is 31.2 Å². The maximum Gasteiger partial charge on any atom is 0.256 e. The molecule has 1 aromatic heterocycles. The molecule has 7 heteroatoms. The second-order valence-electron chi connectivity index (χ2n) is 6.36. The fourth-order valence-electron chi connectivity index (χ4n) is 3.13. The molecule has 6 nitrogen and oxygen atoms in total. The summed E-state index contributed by atoms with van der Waals surface area (Å²) in [5.74, 6) is -0.150. The summed E-state index contributed by atoms with van der Waals surface area (Å²) >= 11 is 0. The van der Waals surface area contributed by atoms with Crippen LogP contribution in [0.25, 0.3) is 5.69 Å². The molecule has 2 heterocycles. The van der Waals surface area contributed by atoms with Crippen molar-refractivity contribution in [3.63, 3.8) is 0 Å². The molecule has 0 saturated heterocycles. The number of carbonyl (C=O) groups excluding carboxylic acids is 1. The topological polar surface area (TPSA) is 72.3 Å². The molecular formula is C19H17N3O3S. The van der Waals surface area contributed by atoms with Gasteiger partial charge in [0.15, 0.2) is 5.03 Å². The number of carbonyl (C=O) groups is 1. The lowest BCUT2D eigenvalue weighted by Gasteiger charge is -2.14. The Labute approximate surface area is 151 Å². The van der Waals surface area contributed by atoms with Gasteiger partial charge in [-0.15, -0.1) is 0 Å². The van der Waals surface area contributed by atoms with E-state index in [0.29, 0.717) is 16.9 Å². The first-order valence-corrected chi connectivity index (χ1v) is 9.61. The van der Waals surface area contributed by atoms with E-state index in [1.165, 1.54) is 11.2 Å². The molecule has 2 aromatic carbocycles. The van der Waals surface area contributed by atoms with Crippen LogP contribution in [0.3, 0.4) is 0 Å². The molecule has 0 aliphatic carbocycles. The first kappa shape index (κ1) is 16.5.